The van der Waals surface area contributed by atoms with Crippen molar-refractivity contribution in [2.24, 2.45) is 17.9 Å². The molecule has 0 amide bonds. The van der Waals surface area contributed by atoms with Crippen molar-refractivity contribution in [1.29, 1.82) is 0 Å². The minimum atomic E-state index is -1.15. The number of allylic oxidation sites excluding steroid dienone is 4. The SMILES string of the molecule is COc1cc([C@H]2C3=CCn4c(=O)n(C)c(=O)n4[C@@H]3C[C@@]3(C)C(=O)C(C)=C(C)C(=O)[C@@]23C)ccc1O. The van der Waals surface area contributed by atoms with Crippen LogP contribution in [-0.2, 0) is 23.2 Å². The molecule has 4 atom stereocenters. The zero-order valence-electron chi connectivity index (χ0n) is 20.7. The van der Waals surface area contributed by atoms with Gasteiger partial charge in [-0.25, -0.2) is 23.5 Å². The Morgan fingerprint density at radius 2 is 1.69 bits per heavy atom. The molecule has 184 valence electrons. The molecule has 0 bridgehead atoms. The largest absolute Gasteiger partial charge is 0.504 e. The third-order valence-corrected chi connectivity index (χ3v) is 8.84. The van der Waals surface area contributed by atoms with Crippen LogP contribution in [0.1, 0.15) is 51.6 Å². The lowest BCUT2D eigenvalue weighted by Crippen LogP contribution is -2.61. The highest BCUT2D eigenvalue weighted by Gasteiger charge is 2.66. The topological polar surface area (TPSA) is 113 Å². The molecule has 2 aliphatic carbocycles. The number of phenolic OH excluding ortho intramolecular Hbond substituents is 1. The van der Waals surface area contributed by atoms with E-state index in [4.69, 9.17) is 4.74 Å². The van der Waals surface area contributed by atoms with Crippen molar-refractivity contribution in [2.75, 3.05) is 7.11 Å². The summed E-state index contributed by atoms with van der Waals surface area (Å²) in [7, 11) is 2.88. The number of rotatable bonds is 2. The second-order valence-corrected chi connectivity index (χ2v) is 10.3. The van der Waals surface area contributed by atoms with Crippen LogP contribution in [0.25, 0.3) is 0 Å². The molecule has 3 aliphatic rings. The van der Waals surface area contributed by atoms with Crippen molar-refractivity contribution in [3.63, 3.8) is 0 Å². The van der Waals surface area contributed by atoms with Gasteiger partial charge in [0.05, 0.1) is 25.1 Å². The van der Waals surface area contributed by atoms with E-state index in [1.54, 1.807) is 32.9 Å². The molecule has 2 heterocycles. The van der Waals surface area contributed by atoms with Crippen LogP contribution in [0.15, 0.2) is 50.6 Å². The molecule has 35 heavy (non-hydrogen) atoms. The maximum Gasteiger partial charge on any atom is 0.347 e. The molecule has 1 aromatic carbocycles. The van der Waals surface area contributed by atoms with E-state index < -0.39 is 34.2 Å². The molecule has 1 saturated carbocycles. The fraction of sp³-hybridized carbons (Fsp3) is 0.462. The summed E-state index contributed by atoms with van der Waals surface area (Å²) in [5, 5.41) is 10.2. The predicted octanol–water partition coefficient (Wildman–Crippen LogP) is 2.23. The second kappa shape index (κ2) is 7.19. The Morgan fingerprint density at radius 3 is 2.34 bits per heavy atom. The van der Waals surface area contributed by atoms with Crippen molar-refractivity contribution < 1.29 is 19.4 Å². The van der Waals surface area contributed by atoms with Gasteiger partial charge in [0.2, 0.25) is 0 Å². The van der Waals surface area contributed by atoms with Crippen LogP contribution in [0.4, 0.5) is 0 Å². The van der Waals surface area contributed by atoms with E-state index >= 15 is 0 Å². The first-order valence-corrected chi connectivity index (χ1v) is 11.6. The van der Waals surface area contributed by atoms with Crippen molar-refractivity contribution in [2.45, 2.75) is 52.6 Å². The number of hydrogen-bond acceptors (Lipinski definition) is 6. The maximum atomic E-state index is 14.0. The van der Waals surface area contributed by atoms with Gasteiger partial charge in [0, 0.05) is 18.4 Å². The van der Waals surface area contributed by atoms with Gasteiger partial charge in [0.15, 0.2) is 23.1 Å². The molecule has 0 radical (unpaired) electrons. The number of ketones is 2. The summed E-state index contributed by atoms with van der Waals surface area (Å²) in [6, 6.07) is 4.33. The molecule has 5 rings (SSSR count). The molecular formula is C26H29N3O6. The van der Waals surface area contributed by atoms with Crippen LogP contribution < -0.4 is 16.1 Å². The number of phenols is 1. The Bertz CT molecular complexity index is 1500. The van der Waals surface area contributed by atoms with E-state index in [0.29, 0.717) is 16.7 Å². The average molecular weight is 480 g/mol. The number of aromatic nitrogens is 3. The molecule has 1 aliphatic heterocycles. The van der Waals surface area contributed by atoms with Crippen molar-refractivity contribution in [1.82, 2.24) is 13.9 Å². The number of benzene rings is 1. The summed E-state index contributed by atoms with van der Waals surface area (Å²) in [5.41, 5.74) is -0.816. The van der Waals surface area contributed by atoms with Crippen LogP contribution in [0.3, 0.4) is 0 Å². The number of carbonyl (C=O) groups excluding carboxylic acids is 2. The predicted molar refractivity (Wildman–Crippen MR) is 128 cm³/mol. The van der Waals surface area contributed by atoms with Crippen LogP contribution in [-0.4, -0.2) is 37.7 Å². The van der Waals surface area contributed by atoms with E-state index in [1.807, 2.05) is 13.0 Å². The van der Waals surface area contributed by atoms with Crippen molar-refractivity contribution in [3.05, 3.63) is 67.5 Å². The lowest BCUT2D eigenvalue weighted by Gasteiger charge is -2.58. The van der Waals surface area contributed by atoms with Gasteiger partial charge in [0.1, 0.15) is 0 Å². The van der Waals surface area contributed by atoms with E-state index in [1.165, 1.54) is 29.6 Å². The summed E-state index contributed by atoms with van der Waals surface area (Å²) in [6.45, 7) is 7.18. The number of fused-ring (bicyclic) bond motifs is 4. The monoisotopic (exact) mass is 479 g/mol. The number of nitrogens with zero attached hydrogens (tertiary/aromatic N) is 3. The zero-order valence-corrected chi connectivity index (χ0v) is 20.7. The fourth-order valence-corrected chi connectivity index (χ4v) is 6.56. The van der Waals surface area contributed by atoms with Crippen LogP contribution in [0.5, 0.6) is 11.5 Å². The summed E-state index contributed by atoms with van der Waals surface area (Å²) < 4.78 is 9.24. The Morgan fingerprint density at radius 1 is 1.03 bits per heavy atom. The van der Waals surface area contributed by atoms with Gasteiger partial charge in [-0.15, -0.1) is 0 Å². The molecule has 1 N–H and O–H groups in total. The number of hydrogen-bond donors (Lipinski definition) is 1. The third-order valence-electron chi connectivity index (χ3n) is 8.84. The first-order chi connectivity index (χ1) is 16.4. The van der Waals surface area contributed by atoms with Gasteiger partial charge in [-0.1, -0.05) is 26.0 Å². The van der Waals surface area contributed by atoms with Crippen molar-refractivity contribution in [3.8, 4) is 11.5 Å². The highest BCUT2D eigenvalue weighted by Crippen LogP contribution is 2.66. The van der Waals surface area contributed by atoms with E-state index in [9.17, 15) is 24.3 Å². The molecule has 9 heteroatoms. The Hall–Kier alpha value is -3.62. The smallest absolute Gasteiger partial charge is 0.347 e. The van der Waals surface area contributed by atoms with Crippen LogP contribution >= 0.6 is 0 Å². The summed E-state index contributed by atoms with van der Waals surface area (Å²) in [5.74, 6) is -0.623. The second-order valence-electron chi connectivity index (χ2n) is 10.3. The standard InChI is InChI=1S/C26H29N3O6/c1-13-14(2)22(32)26(4)20(15-7-8-18(30)19(11-15)35-6)16-9-10-28-23(33)27(5)24(34)29(28)17(16)12-25(26,3)21(13)31/h7-9,11,17,20,30H,10,12H2,1-6H3/t17-,20+,25+,26-/m1/s1. The molecule has 9 nitrogen and oxygen atoms in total. The number of carbonyl (C=O) groups is 2. The number of methoxy groups -OCH3 is 1. The minimum absolute atomic E-state index is 0.0415. The van der Waals surface area contributed by atoms with Gasteiger partial charge >= 0.3 is 11.4 Å². The highest BCUT2D eigenvalue weighted by atomic mass is 16.5. The minimum Gasteiger partial charge on any atom is -0.504 e. The van der Waals surface area contributed by atoms with Gasteiger partial charge in [0.25, 0.3) is 0 Å². The number of Topliss-reactive ketones (excluding diaryl/α,β-unsaturated/α-hetero) is 2. The zero-order chi connectivity index (χ0) is 25.6. The Balaban J connectivity index is 1.86. The van der Waals surface area contributed by atoms with Crippen LogP contribution in [0.2, 0.25) is 0 Å². The van der Waals surface area contributed by atoms with Crippen molar-refractivity contribution >= 4 is 11.6 Å². The maximum absolute atomic E-state index is 14.0. The van der Waals surface area contributed by atoms with Gasteiger partial charge in [-0.05, 0) is 54.7 Å². The lowest BCUT2D eigenvalue weighted by atomic mass is 9.43. The molecule has 0 unspecified atom stereocenters. The molecular weight excluding hydrogens is 450 g/mol. The highest BCUT2D eigenvalue weighted by molar-refractivity contribution is 6.17. The quantitative estimate of drug-likeness (QED) is 0.661. The summed E-state index contributed by atoms with van der Waals surface area (Å²) in [6.07, 6.45) is 2.11. The number of ether oxygens (including phenoxy) is 1. The normalized spacial score (nSPS) is 29.9. The van der Waals surface area contributed by atoms with Gasteiger partial charge in [-0.3, -0.25) is 9.59 Å². The van der Waals surface area contributed by atoms with E-state index in [2.05, 4.69) is 0 Å². The van der Waals surface area contributed by atoms with E-state index in [-0.39, 0.29) is 36.0 Å². The first-order valence-electron chi connectivity index (χ1n) is 11.6. The Kier molecular flexibility index (Phi) is 4.75. The third kappa shape index (κ3) is 2.63. The van der Waals surface area contributed by atoms with Gasteiger partial charge in [-0.2, -0.15) is 0 Å². The number of aromatic hydroxyl groups is 1. The first kappa shape index (κ1) is 23.1. The summed E-state index contributed by atoms with van der Waals surface area (Å²) >= 11 is 0. The fourth-order valence-electron chi connectivity index (χ4n) is 6.56. The van der Waals surface area contributed by atoms with Gasteiger partial charge < -0.3 is 9.84 Å². The average Bonchev–Trinajstić information content (AvgIpc) is 3.06. The summed E-state index contributed by atoms with van der Waals surface area (Å²) in [4.78, 5) is 53.8. The molecule has 1 aromatic heterocycles. The lowest BCUT2D eigenvalue weighted by molar-refractivity contribution is -0.151. The van der Waals surface area contributed by atoms with Crippen LogP contribution in [0, 0.1) is 10.8 Å². The van der Waals surface area contributed by atoms with E-state index in [0.717, 1.165) is 10.1 Å². The molecule has 2 aromatic rings. The molecule has 0 saturated heterocycles. The molecule has 1 fully saturated rings. The Labute approximate surface area is 201 Å². The molecule has 0 spiro atoms.